The summed E-state index contributed by atoms with van der Waals surface area (Å²) in [5.41, 5.74) is 1.98. The monoisotopic (exact) mass is 161 g/mol. The van der Waals surface area contributed by atoms with Gasteiger partial charge in [0.1, 0.15) is 0 Å². The van der Waals surface area contributed by atoms with Crippen LogP contribution >= 0.6 is 0 Å². The average Bonchev–Trinajstić information content (AvgIpc) is 2.04. The van der Waals surface area contributed by atoms with Crippen LogP contribution in [0.3, 0.4) is 0 Å². The molecule has 0 saturated heterocycles. The lowest BCUT2D eigenvalue weighted by Crippen LogP contribution is -1.69. The first kappa shape index (κ1) is 10.6. The third-order valence-electron chi connectivity index (χ3n) is 1.33. The van der Waals surface area contributed by atoms with Crippen molar-refractivity contribution in [1.82, 2.24) is 0 Å². The molecule has 0 saturated carbocycles. The average molecular weight is 161 g/mol. The number of rotatable bonds is 4. The van der Waals surface area contributed by atoms with Gasteiger partial charge in [-0.1, -0.05) is 36.5 Å². The van der Waals surface area contributed by atoms with Crippen molar-refractivity contribution in [1.29, 1.82) is 0 Å². The van der Waals surface area contributed by atoms with Gasteiger partial charge in [-0.2, -0.15) is 0 Å². The van der Waals surface area contributed by atoms with Gasteiger partial charge in [0.25, 0.3) is 0 Å². The van der Waals surface area contributed by atoms with Crippen molar-refractivity contribution in [3.63, 3.8) is 0 Å². The Morgan fingerprint density at radius 2 is 2.00 bits per heavy atom. The van der Waals surface area contributed by atoms with Crippen LogP contribution in [0, 0.1) is 0 Å². The molecule has 0 heterocycles. The molecule has 0 aromatic heterocycles. The molecule has 0 aromatic rings. The molecule has 0 N–H and O–H groups in total. The lowest BCUT2D eigenvalue weighted by atomic mass is 10.2. The molecule has 0 atom stereocenters. The third-order valence-corrected chi connectivity index (χ3v) is 1.33. The van der Waals surface area contributed by atoms with Crippen LogP contribution in [0.2, 0.25) is 0 Å². The second kappa shape index (κ2) is 6.35. The zero-order valence-electron chi connectivity index (χ0n) is 7.50. The van der Waals surface area contributed by atoms with Gasteiger partial charge >= 0.3 is 0 Å². The molecule has 0 fully saturated rings. The summed E-state index contributed by atoms with van der Waals surface area (Å²) in [5.74, 6) is 0. The molecule has 12 heavy (non-hydrogen) atoms. The largest absolute Gasteiger partial charge is 0.286 e. The smallest absolute Gasteiger partial charge is 0.225 e. The van der Waals surface area contributed by atoms with E-state index in [9.17, 15) is 4.79 Å². The molecular weight excluding hydrogens is 148 g/mol. The molecule has 0 aliphatic heterocycles. The van der Waals surface area contributed by atoms with E-state index in [2.05, 4.69) is 6.58 Å². The highest BCUT2D eigenvalue weighted by atomic mass is 16.1. The number of hydrogen-bond acceptors (Lipinski definition) is 1. The first-order valence-corrected chi connectivity index (χ1v) is 3.72. The maximum atomic E-state index is 9.90. The molecule has 1 nitrogen and oxygen atoms in total. The SMILES string of the molecule is C=CC(C)=CC=CC(C)=C[C]=O. The Bertz CT molecular complexity index is 242. The highest BCUT2D eigenvalue weighted by Crippen LogP contribution is 1.97. The zero-order valence-corrected chi connectivity index (χ0v) is 7.50. The van der Waals surface area contributed by atoms with E-state index in [1.807, 2.05) is 32.1 Å². The molecule has 0 unspecified atom stereocenters. The summed E-state index contributed by atoms with van der Waals surface area (Å²) < 4.78 is 0. The highest BCUT2D eigenvalue weighted by molar-refractivity contribution is 5.67. The minimum absolute atomic E-state index is 0.887. The van der Waals surface area contributed by atoms with Crippen molar-refractivity contribution in [3.8, 4) is 0 Å². The Hall–Kier alpha value is -1.37. The standard InChI is InChI=1S/C11H13O/c1-4-10(2)6-5-7-11(3)8-9-12/h4-8H,1H2,2-3H3. The Balaban J connectivity index is 4.16. The molecule has 0 aromatic carbocycles. The second-order valence-corrected chi connectivity index (χ2v) is 2.48. The Morgan fingerprint density at radius 3 is 2.50 bits per heavy atom. The van der Waals surface area contributed by atoms with E-state index in [-0.39, 0.29) is 0 Å². The van der Waals surface area contributed by atoms with Gasteiger partial charge in [-0.3, -0.25) is 4.79 Å². The predicted molar refractivity (Wildman–Crippen MR) is 52.5 cm³/mol. The van der Waals surface area contributed by atoms with E-state index >= 15 is 0 Å². The van der Waals surface area contributed by atoms with Crippen LogP contribution < -0.4 is 0 Å². The number of hydrogen-bond donors (Lipinski definition) is 0. The topological polar surface area (TPSA) is 17.1 Å². The van der Waals surface area contributed by atoms with Crippen LogP contribution in [0.15, 0.2) is 48.1 Å². The maximum absolute atomic E-state index is 9.90. The Labute approximate surface area is 73.8 Å². The summed E-state index contributed by atoms with van der Waals surface area (Å²) in [6.45, 7) is 7.42. The van der Waals surface area contributed by atoms with Gasteiger partial charge in [0.05, 0.1) is 0 Å². The third kappa shape index (κ3) is 5.42. The lowest BCUT2D eigenvalue weighted by molar-refractivity contribution is 0.564. The molecule has 0 bridgehead atoms. The quantitative estimate of drug-likeness (QED) is 0.457. The summed E-state index contributed by atoms with van der Waals surface area (Å²) in [6.07, 6.45) is 10.5. The van der Waals surface area contributed by atoms with Crippen LogP contribution in [0.25, 0.3) is 0 Å². The summed E-state index contributed by atoms with van der Waals surface area (Å²) in [5, 5.41) is 0. The summed E-state index contributed by atoms with van der Waals surface area (Å²) in [7, 11) is 0. The molecule has 0 rings (SSSR count). The fourth-order valence-electron chi connectivity index (χ4n) is 0.561. The fourth-order valence-corrected chi connectivity index (χ4v) is 0.561. The normalized spacial score (nSPS) is 13.5. The molecular formula is C11H13O. The molecule has 0 amide bonds. The number of allylic oxidation sites excluding steroid dienone is 7. The van der Waals surface area contributed by atoms with Gasteiger partial charge in [0.2, 0.25) is 6.29 Å². The van der Waals surface area contributed by atoms with Gasteiger partial charge in [-0.15, -0.1) is 0 Å². The molecule has 0 aliphatic carbocycles. The van der Waals surface area contributed by atoms with Crippen molar-refractivity contribution in [3.05, 3.63) is 48.1 Å². The number of carbonyl (C=O) groups excluding carboxylic acids is 1. The predicted octanol–water partition coefficient (Wildman–Crippen LogP) is 2.73. The highest BCUT2D eigenvalue weighted by Gasteiger charge is 1.78. The van der Waals surface area contributed by atoms with Crippen LogP contribution in [-0.2, 0) is 4.79 Å². The van der Waals surface area contributed by atoms with Crippen LogP contribution in [0.4, 0.5) is 0 Å². The summed E-state index contributed by atoms with van der Waals surface area (Å²) in [6, 6.07) is 0. The zero-order chi connectivity index (χ0) is 9.40. The van der Waals surface area contributed by atoms with Crippen molar-refractivity contribution < 1.29 is 4.79 Å². The van der Waals surface area contributed by atoms with E-state index in [0.717, 1.165) is 11.1 Å². The van der Waals surface area contributed by atoms with Crippen LogP contribution in [-0.4, -0.2) is 6.29 Å². The minimum atomic E-state index is 0.887. The Morgan fingerprint density at radius 1 is 1.33 bits per heavy atom. The van der Waals surface area contributed by atoms with Crippen LogP contribution in [0.1, 0.15) is 13.8 Å². The fraction of sp³-hybridized carbons (Fsp3) is 0.182. The van der Waals surface area contributed by atoms with Crippen molar-refractivity contribution >= 4 is 6.29 Å². The summed E-state index contributed by atoms with van der Waals surface area (Å²) >= 11 is 0. The van der Waals surface area contributed by atoms with Crippen molar-refractivity contribution in [2.75, 3.05) is 0 Å². The minimum Gasteiger partial charge on any atom is -0.286 e. The van der Waals surface area contributed by atoms with Gasteiger partial charge in [0.15, 0.2) is 0 Å². The van der Waals surface area contributed by atoms with Crippen LogP contribution in [0.5, 0.6) is 0 Å². The molecule has 0 spiro atoms. The maximum Gasteiger partial charge on any atom is 0.225 e. The first-order valence-electron chi connectivity index (χ1n) is 3.72. The second-order valence-electron chi connectivity index (χ2n) is 2.48. The van der Waals surface area contributed by atoms with E-state index < -0.39 is 0 Å². The van der Waals surface area contributed by atoms with Crippen molar-refractivity contribution in [2.45, 2.75) is 13.8 Å². The van der Waals surface area contributed by atoms with Crippen molar-refractivity contribution in [2.24, 2.45) is 0 Å². The van der Waals surface area contributed by atoms with E-state index in [1.165, 1.54) is 6.08 Å². The van der Waals surface area contributed by atoms with Gasteiger partial charge in [-0.05, 0) is 25.5 Å². The summed E-state index contributed by atoms with van der Waals surface area (Å²) in [4.78, 5) is 9.90. The van der Waals surface area contributed by atoms with Gasteiger partial charge in [-0.25, -0.2) is 0 Å². The van der Waals surface area contributed by atoms with Gasteiger partial charge in [0, 0.05) is 0 Å². The Kier molecular flexibility index (Phi) is 5.62. The van der Waals surface area contributed by atoms with E-state index in [0.29, 0.717) is 0 Å². The molecule has 63 valence electrons. The van der Waals surface area contributed by atoms with E-state index in [4.69, 9.17) is 0 Å². The molecule has 0 aliphatic rings. The lowest BCUT2D eigenvalue weighted by Gasteiger charge is -1.86. The molecule has 1 radical (unpaired) electrons. The molecule has 1 heteroatoms. The van der Waals surface area contributed by atoms with E-state index in [1.54, 1.807) is 12.4 Å². The first-order chi connectivity index (χ1) is 5.70. The van der Waals surface area contributed by atoms with Gasteiger partial charge < -0.3 is 0 Å².